The van der Waals surface area contributed by atoms with Gasteiger partial charge in [-0.3, -0.25) is 4.98 Å². The predicted molar refractivity (Wildman–Crippen MR) is 84.4 cm³/mol. The Morgan fingerprint density at radius 3 is 2.74 bits per heavy atom. The molecule has 5 nitrogen and oxygen atoms in total. The summed E-state index contributed by atoms with van der Waals surface area (Å²) in [5.74, 6) is 0.0831. The van der Waals surface area contributed by atoms with Crippen molar-refractivity contribution in [3.8, 4) is 17.6 Å². The van der Waals surface area contributed by atoms with Crippen molar-refractivity contribution in [3.05, 3.63) is 65.9 Å². The van der Waals surface area contributed by atoms with E-state index >= 15 is 0 Å². The lowest BCUT2D eigenvalue weighted by atomic mass is 10.1. The van der Waals surface area contributed by atoms with Crippen molar-refractivity contribution in [2.75, 3.05) is 7.11 Å². The van der Waals surface area contributed by atoms with E-state index in [1.165, 1.54) is 13.2 Å². The van der Waals surface area contributed by atoms with Crippen molar-refractivity contribution in [2.45, 2.75) is 0 Å². The number of hydrogen-bond acceptors (Lipinski definition) is 5. The van der Waals surface area contributed by atoms with Gasteiger partial charge in [-0.1, -0.05) is 18.2 Å². The van der Waals surface area contributed by atoms with Crippen molar-refractivity contribution < 1.29 is 14.3 Å². The highest BCUT2D eigenvalue weighted by Gasteiger charge is 2.15. The number of benzene rings is 2. The van der Waals surface area contributed by atoms with Crippen LogP contribution in [0, 0.1) is 11.3 Å². The first kappa shape index (κ1) is 14.5. The first-order valence-corrected chi connectivity index (χ1v) is 6.87. The minimum absolute atomic E-state index is 0.261. The topological polar surface area (TPSA) is 72.2 Å². The minimum Gasteiger partial charge on any atom is -0.493 e. The highest BCUT2D eigenvalue weighted by Crippen LogP contribution is 2.29. The van der Waals surface area contributed by atoms with Crippen LogP contribution in [0.2, 0.25) is 0 Å². The van der Waals surface area contributed by atoms with E-state index < -0.39 is 5.97 Å². The number of nitriles is 1. The first-order valence-electron chi connectivity index (χ1n) is 6.87. The molecular formula is C18H12N2O3. The first-order chi connectivity index (χ1) is 11.2. The number of ether oxygens (including phenoxy) is 2. The number of carbonyl (C=O) groups is 1. The molecule has 0 fully saturated rings. The van der Waals surface area contributed by atoms with Crippen molar-refractivity contribution in [2.24, 2.45) is 0 Å². The monoisotopic (exact) mass is 304 g/mol. The molecule has 0 aliphatic heterocycles. The fraction of sp³-hybridized carbons (Fsp3) is 0.0556. The molecule has 0 bridgehead atoms. The van der Waals surface area contributed by atoms with Gasteiger partial charge < -0.3 is 9.47 Å². The Morgan fingerprint density at radius 2 is 1.96 bits per heavy atom. The second kappa shape index (κ2) is 6.16. The van der Waals surface area contributed by atoms with Gasteiger partial charge in [0.15, 0.2) is 11.5 Å². The number of rotatable bonds is 3. The molecule has 0 saturated carbocycles. The molecule has 0 aliphatic carbocycles. The third-order valence-electron chi connectivity index (χ3n) is 3.36. The summed E-state index contributed by atoms with van der Waals surface area (Å²) in [6.45, 7) is 0. The van der Waals surface area contributed by atoms with Gasteiger partial charge >= 0.3 is 5.97 Å². The van der Waals surface area contributed by atoms with Gasteiger partial charge in [0.1, 0.15) is 0 Å². The van der Waals surface area contributed by atoms with E-state index in [0.717, 1.165) is 0 Å². The van der Waals surface area contributed by atoms with Crippen molar-refractivity contribution in [1.29, 1.82) is 5.26 Å². The van der Waals surface area contributed by atoms with Crippen molar-refractivity contribution in [3.63, 3.8) is 0 Å². The average molecular weight is 304 g/mol. The van der Waals surface area contributed by atoms with Crippen LogP contribution in [0.4, 0.5) is 0 Å². The number of fused-ring (bicyclic) bond motifs is 1. The number of nitrogens with zero attached hydrogens (tertiary/aromatic N) is 2. The van der Waals surface area contributed by atoms with Crippen LogP contribution in [0.5, 0.6) is 11.5 Å². The van der Waals surface area contributed by atoms with Gasteiger partial charge in [-0.2, -0.15) is 5.26 Å². The molecular weight excluding hydrogens is 292 g/mol. The molecule has 3 aromatic rings. The number of esters is 1. The zero-order valence-corrected chi connectivity index (χ0v) is 12.3. The maximum Gasteiger partial charge on any atom is 0.344 e. The molecule has 2 aromatic carbocycles. The number of methoxy groups -OCH3 is 1. The molecule has 112 valence electrons. The van der Waals surface area contributed by atoms with E-state index in [4.69, 9.17) is 14.7 Å². The molecule has 3 rings (SSSR count). The van der Waals surface area contributed by atoms with E-state index in [-0.39, 0.29) is 5.75 Å². The van der Waals surface area contributed by atoms with E-state index in [2.05, 4.69) is 4.98 Å². The molecule has 0 atom stereocenters. The van der Waals surface area contributed by atoms with Crippen molar-refractivity contribution in [1.82, 2.24) is 4.98 Å². The third kappa shape index (κ3) is 2.83. The second-order valence-corrected chi connectivity index (χ2v) is 4.74. The van der Waals surface area contributed by atoms with Crippen LogP contribution in [0.25, 0.3) is 10.9 Å². The molecule has 0 radical (unpaired) electrons. The largest absolute Gasteiger partial charge is 0.493 e. The lowest BCUT2D eigenvalue weighted by molar-refractivity contribution is 0.0731. The molecule has 0 aliphatic rings. The normalized spacial score (nSPS) is 10.1. The molecule has 23 heavy (non-hydrogen) atoms. The number of pyridine rings is 1. The van der Waals surface area contributed by atoms with Crippen LogP contribution < -0.4 is 9.47 Å². The van der Waals surface area contributed by atoms with Crippen LogP contribution >= 0.6 is 0 Å². The van der Waals surface area contributed by atoms with E-state index in [0.29, 0.717) is 27.8 Å². The molecule has 0 saturated heterocycles. The van der Waals surface area contributed by atoms with Crippen LogP contribution in [0.1, 0.15) is 15.9 Å². The Morgan fingerprint density at radius 1 is 1.13 bits per heavy atom. The molecule has 0 spiro atoms. The van der Waals surface area contributed by atoms with Gasteiger partial charge in [0.25, 0.3) is 0 Å². The molecule has 0 N–H and O–H groups in total. The maximum atomic E-state index is 12.5. The summed E-state index contributed by atoms with van der Waals surface area (Å²) in [6.07, 6.45) is 1.56. The zero-order chi connectivity index (χ0) is 16.2. The van der Waals surface area contributed by atoms with Crippen LogP contribution in [0.15, 0.2) is 54.7 Å². The molecule has 1 heterocycles. The summed E-state index contributed by atoms with van der Waals surface area (Å²) < 4.78 is 10.6. The molecule has 0 unspecified atom stereocenters. The number of para-hydroxylation sites is 1. The Hall–Kier alpha value is -3.39. The van der Waals surface area contributed by atoms with E-state index in [1.807, 2.05) is 30.3 Å². The van der Waals surface area contributed by atoms with Crippen LogP contribution in [0.3, 0.4) is 0 Å². The lowest BCUT2D eigenvalue weighted by Crippen LogP contribution is -2.10. The Kier molecular flexibility index (Phi) is 3.89. The van der Waals surface area contributed by atoms with E-state index in [9.17, 15) is 4.79 Å². The third-order valence-corrected chi connectivity index (χ3v) is 3.36. The van der Waals surface area contributed by atoms with Gasteiger partial charge in [-0.25, -0.2) is 4.79 Å². The highest BCUT2D eigenvalue weighted by atomic mass is 16.6. The summed E-state index contributed by atoms with van der Waals surface area (Å²) >= 11 is 0. The quantitative estimate of drug-likeness (QED) is 0.548. The Labute approximate surface area is 132 Å². The van der Waals surface area contributed by atoms with Gasteiger partial charge in [-0.05, 0) is 24.3 Å². The van der Waals surface area contributed by atoms with Gasteiger partial charge in [0.05, 0.1) is 29.8 Å². The molecule has 5 heteroatoms. The summed E-state index contributed by atoms with van der Waals surface area (Å²) in [7, 11) is 1.45. The zero-order valence-electron chi connectivity index (χ0n) is 12.3. The molecule has 1 aromatic heterocycles. The number of hydrogen-bond donors (Lipinski definition) is 0. The SMILES string of the molecule is COc1cc(C#N)ccc1OC(=O)c1ccnc2ccccc12. The fourth-order valence-electron chi connectivity index (χ4n) is 2.25. The Bertz CT molecular complexity index is 924. The second-order valence-electron chi connectivity index (χ2n) is 4.74. The maximum absolute atomic E-state index is 12.5. The summed E-state index contributed by atoms with van der Waals surface area (Å²) in [6, 6.07) is 15.6. The van der Waals surface area contributed by atoms with Crippen LogP contribution in [-0.2, 0) is 0 Å². The average Bonchev–Trinajstić information content (AvgIpc) is 2.61. The molecule has 0 amide bonds. The van der Waals surface area contributed by atoms with Gasteiger partial charge in [0, 0.05) is 17.6 Å². The van der Waals surface area contributed by atoms with Gasteiger partial charge in [-0.15, -0.1) is 0 Å². The summed E-state index contributed by atoms with van der Waals surface area (Å²) in [5.41, 5.74) is 1.56. The fourth-order valence-corrected chi connectivity index (χ4v) is 2.25. The number of carbonyl (C=O) groups excluding carboxylic acids is 1. The summed E-state index contributed by atoms with van der Waals surface area (Å²) in [4.78, 5) is 16.7. The van der Waals surface area contributed by atoms with E-state index in [1.54, 1.807) is 24.4 Å². The standard InChI is InChI=1S/C18H12N2O3/c1-22-17-10-12(11-19)6-7-16(17)23-18(21)14-8-9-20-15-5-3-2-4-13(14)15/h2-10H,1H3. The minimum atomic E-state index is -0.508. The lowest BCUT2D eigenvalue weighted by Gasteiger charge is -2.10. The van der Waals surface area contributed by atoms with Crippen LogP contribution in [-0.4, -0.2) is 18.1 Å². The van der Waals surface area contributed by atoms with Gasteiger partial charge in [0.2, 0.25) is 0 Å². The van der Waals surface area contributed by atoms with Crippen molar-refractivity contribution >= 4 is 16.9 Å². The smallest absolute Gasteiger partial charge is 0.344 e. The number of aromatic nitrogens is 1. The Balaban J connectivity index is 1.97. The predicted octanol–water partition coefficient (Wildman–Crippen LogP) is 3.33. The highest BCUT2D eigenvalue weighted by molar-refractivity contribution is 6.04. The summed E-state index contributed by atoms with van der Waals surface area (Å²) in [5, 5.41) is 9.62.